The van der Waals surface area contributed by atoms with Crippen LogP contribution in [0.25, 0.3) is 5.70 Å². The van der Waals surface area contributed by atoms with E-state index in [1.807, 2.05) is 0 Å². The molecule has 10 nitrogen and oxygen atoms in total. The minimum atomic E-state index is -0.889. The van der Waals surface area contributed by atoms with Crippen LogP contribution < -0.4 is 21.9 Å². The quantitative estimate of drug-likeness (QED) is 0.354. The number of non-ortho nitro benzene ring substituents is 1. The van der Waals surface area contributed by atoms with Crippen molar-refractivity contribution >= 4 is 23.3 Å². The van der Waals surface area contributed by atoms with Crippen LogP contribution in [0.15, 0.2) is 30.0 Å². The SMILES string of the molecule is CC(=O)NC(CO)=C(NNC(N)=O)c1ccc([N+](=O)[O-])cc1. The largest absolute Gasteiger partial charge is 0.390 e. The number of aliphatic hydroxyl groups excluding tert-OH is 1. The van der Waals surface area contributed by atoms with Crippen LogP contribution in [-0.2, 0) is 4.79 Å². The molecular weight excluding hydrogens is 294 g/mol. The maximum Gasteiger partial charge on any atom is 0.330 e. The fraction of sp³-hybridized carbons (Fsp3) is 0.167. The molecule has 1 aromatic rings. The van der Waals surface area contributed by atoms with Gasteiger partial charge in [-0.3, -0.25) is 25.8 Å². The first-order chi connectivity index (χ1) is 10.3. The van der Waals surface area contributed by atoms with Crippen LogP contribution in [0, 0.1) is 10.1 Å². The molecule has 0 saturated heterocycles. The van der Waals surface area contributed by atoms with Gasteiger partial charge in [0.2, 0.25) is 5.91 Å². The van der Waals surface area contributed by atoms with Crippen LogP contribution in [0.2, 0.25) is 0 Å². The lowest BCUT2D eigenvalue weighted by atomic mass is 10.1. The molecule has 0 aromatic heterocycles. The predicted molar refractivity (Wildman–Crippen MR) is 76.8 cm³/mol. The summed E-state index contributed by atoms with van der Waals surface area (Å²) in [5, 5.41) is 22.4. The molecule has 0 unspecified atom stereocenters. The Kier molecular flexibility index (Phi) is 5.84. The summed E-state index contributed by atoms with van der Waals surface area (Å²) in [5.41, 5.74) is 9.97. The number of urea groups is 1. The number of hydrogen-bond donors (Lipinski definition) is 5. The van der Waals surface area contributed by atoms with Crippen LogP contribution in [0.5, 0.6) is 0 Å². The van der Waals surface area contributed by atoms with Gasteiger partial charge in [0.05, 0.1) is 22.9 Å². The first-order valence-corrected chi connectivity index (χ1v) is 6.03. The maximum atomic E-state index is 11.1. The van der Waals surface area contributed by atoms with Gasteiger partial charge in [0.25, 0.3) is 5.69 Å². The van der Waals surface area contributed by atoms with E-state index in [0.29, 0.717) is 5.56 Å². The minimum absolute atomic E-state index is 0.0649. The van der Waals surface area contributed by atoms with Gasteiger partial charge in [0.15, 0.2) is 0 Å². The maximum absolute atomic E-state index is 11.1. The molecule has 3 amide bonds. The van der Waals surface area contributed by atoms with Crippen molar-refractivity contribution in [2.24, 2.45) is 5.73 Å². The van der Waals surface area contributed by atoms with E-state index in [0.717, 1.165) is 0 Å². The monoisotopic (exact) mass is 309 g/mol. The normalized spacial score (nSPS) is 11.2. The second-order valence-electron chi connectivity index (χ2n) is 4.11. The Hall–Kier alpha value is -3.14. The highest BCUT2D eigenvalue weighted by Gasteiger charge is 2.13. The zero-order valence-electron chi connectivity index (χ0n) is 11.6. The number of nitro benzene ring substituents is 1. The summed E-state index contributed by atoms with van der Waals surface area (Å²) < 4.78 is 0. The van der Waals surface area contributed by atoms with E-state index in [1.54, 1.807) is 0 Å². The fourth-order valence-electron chi connectivity index (χ4n) is 1.59. The van der Waals surface area contributed by atoms with Crippen LogP contribution >= 0.6 is 0 Å². The lowest BCUT2D eigenvalue weighted by Crippen LogP contribution is -2.41. The molecule has 0 aliphatic heterocycles. The van der Waals surface area contributed by atoms with Gasteiger partial charge in [-0.1, -0.05) is 0 Å². The van der Waals surface area contributed by atoms with Crippen molar-refractivity contribution in [1.82, 2.24) is 16.2 Å². The lowest BCUT2D eigenvalue weighted by Gasteiger charge is -2.16. The van der Waals surface area contributed by atoms with Crippen molar-refractivity contribution in [1.29, 1.82) is 0 Å². The second kappa shape index (κ2) is 7.59. The van der Waals surface area contributed by atoms with Gasteiger partial charge < -0.3 is 16.2 Å². The Bertz CT molecular complexity index is 611. The highest BCUT2D eigenvalue weighted by molar-refractivity contribution is 5.80. The number of nitrogens with two attached hydrogens (primary N) is 1. The molecule has 0 atom stereocenters. The number of amides is 3. The number of aliphatic hydroxyl groups is 1. The average Bonchev–Trinajstić information content (AvgIpc) is 2.45. The third-order valence-electron chi connectivity index (χ3n) is 2.46. The molecule has 1 aromatic carbocycles. The van der Waals surface area contributed by atoms with E-state index in [4.69, 9.17) is 5.73 Å². The molecule has 0 saturated carbocycles. The molecule has 0 bridgehead atoms. The number of nitrogens with zero attached hydrogens (tertiary/aromatic N) is 1. The van der Waals surface area contributed by atoms with Crippen LogP contribution in [0.3, 0.4) is 0 Å². The van der Waals surface area contributed by atoms with Crippen molar-refractivity contribution in [3.8, 4) is 0 Å². The number of primary amides is 1. The predicted octanol–water partition coefficient (Wildman–Crippen LogP) is -0.435. The first-order valence-electron chi connectivity index (χ1n) is 6.03. The van der Waals surface area contributed by atoms with Crippen molar-refractivity contribution < 1.29 is 19.6 Å². The summed E-state index contributed by atoms with van der Waals surface area (Å²) in [4.78, 5) is 32.0. The number of benzene rings is 1. The smallest absolute Gasteiger partial charge is 0.330 e. The first kappa shape index (κ1) is 16.9. The van der Waals surface area contributed by atoms with Gasteiger partial charge in [0, 0.05) is 24.6 Å². The number of nitrogens with one attached hydrogen (secondary N) is 3. The number of nitro groups is 1. The molecule has 1 rings (SSSR count). The Morgan fingerprint density at radius 3 is 2.27 bits per heavy atom. The van der Waals surface area contributed by atoms with Crippen molar-refractivity contribution in [3.05, 3.63) is 45.6 Å². The molecule has 0 fully saturated rings. The Morgan fingerprint density at radius 2 is 1.86 bits per heavy atom. The van der Waals surface area contributed by atoms with Crippen molar-refractivity contribution in [3.63, 3.8) is 0 Å². The van der Waals surface area contributed by atoms with E-state index in [2.05, 4.69) is 16.2 Å². The lowest BCUT2D eigenvalue weighted by molar-refractivity contribution is -0.384. The zero-order valence-corrected chi connectivity index (χ0v) is 11.6. The molecule has 0 aliphatic carbocycles. The Balaban J connectivity index is 3.23. The van der Waals surface area contributed by atoms with Gasteiger partial charge in [-0.2, -0.15) is 0 Å². The van der Waals surface area contributed by atoms with Crippen molar-refractivity contribution in [2.45, 2.75) is 6.92 Å². The zero-order chi connectivity index (χ0) is 16.7. The van der Waals surface area contributed by atoms with Gasteiger partial charge in [0.1, 0.15) is 0 Å². The van der Waals surface area contributed by atoms with E-state index in [1.165, 1.54) is 31.2 Å². The topological polar surface area (TPSA) is 160 Å². The Morgan fingerprint density at radius 1 is 1.27 bits per heavy atom. The number of carbonyl (C=O) groups is 2. The average molecular weight is 309 g/mol. The summed E-state index contributed by atoms with van der Waals surface area (Å²) in [6, 6.07) is 4.37. The van der Waals surface area contributed by atoms with Gasteiger partial charge in [-0.15, -0.1) is 0 Å². The van der Waals surface area contributed by atoms with Crippen LogP contribution in [0.4, 0.5) is 10.5 Å². The molecular formula is C12H15N5O5. The molecule has 10 heteroatoms. The third-order valence-corrected chi connectivity index (χ3v) is 2.46. The molecule has 6 N–H and O–H groups in total. The van der Waals surface area contributed by atoms with E-state index in [-0.39, 0.29) is 17.1 Å². The molecule has 0 aliphatic rings. The third kappa shape index (κ3) is 4.76. The van der Waals surface area contributed by atoms with Crippen LogP contribution in [0.1, 0.15) is 12.5 Å². The molecule has 0 spiro atoms. The molecule has 0 heterocycles. The fourth-order valence-corrected chi connectivity index (χ4v) is 1.59. The second-order valence-corrected chi connectivity index (χ2v) is 4.11. The molecule has 118 valence electrons. The Labute approximate surface area is 125 Å². The summed E-state index contributed by atoms with van der Waals surface area (Å²) >= 11 is 0. The van der Waals surface area contributed by atoms with Crippen LogP contribution in [-0.4, -0.2) is 28.6 Å². The summed E-state index contributed by atoms with van der Waals surface area (Å²) in [6.07, 6.45) is 0. The molecule has 0 radical (unpaired) electrons. The van der Waals surface area contributed by atoms with E-state index in [9.17, 15) is 24.8 Å². The standard InChI is InChI=1S/C12H15N5O5/c1-7(19)14-10(6-18)11(15-16-12(13)20)8-2-4-9(5-3-8)17(21)22/h2-5,15,18H,6H2,1H3,(H,14,19)(H3,13,16,20). The van der Waals surface area contributed by atoms with Gasteiger partial charge in [-0.25, -0.2) is 4.79 Å². The highest BCUT2D eigenvalue weighted by atomic mass is 16.6. The number of carbonyl (C=O) groups excluding carboxylic acids is 2. The summed E-state index contributed by atoms with van der Waals surface area (Å²) in [6.45, 7) is 0.698. The number of hydrogen-bond acceptors (Lipinski definition) is 6. The summed E-state index contributed by atoms with van der Waals surface area (Å²) in [5.74, 6) is -0.440. The molecule has 22 heavy (non-hydrogen) atoms. The summed E-state index contributed by atoms with van der Waals surface area (Å²) in [7, 11) is 0. The number of hydrazine groups is 1. The minimum Gasteiger partial charge on any atom is -0.390 e. The van der Waals surface area contributed by atoms with E-state index < -0.39 is 23.5 Å². The van der Waals surface area contributed by atoms with Gasteiger partial charge >= 0.3 is 6.03 Å². The van der Waals surface area contributed by atoms with Gasteiger partial charge in [-0.05, 0) is 12.1 Å². The van der Waals surface area contributed by atoms with E-state index >= 15 is 0 Å². The number of rotatable bonds is 6. The highest BCUT2D eigenvalue weighted by Crippen LogP contribution is 2.18. The van der Waals surface area contributed by atoms with Crippen molar-refractivity contribution in [2.75, 3.05) is 6.61 Å².